The first-order valence-electron chi connectivity index (χ1n) is 5.57. The van der Waals surface area contributed by atoms with Crippen molar-refractivity contribution in [3.05, 3.63) is 30.3 Å². The summed E-state index contributed by atoms with van der Waals surface area (Å²) in [5, 5.41) is 4.49. The predicted octanol–water partition coefficient (Wildman–Crippen LogP) is 2.14. The van der Waals surface area contributed by atoms with E-state index in [0.717, 1.165) is 18.5 Å². The van der Waals surface area contributed by atoms with E-state index >= 15 is 0 Å². The van der Waals surface area contributed by atoms with Crippen LogP contribution in [0.4, 0.5) is 10.5 Å². The molecule has 4 heteroatoms. The summed E-state index contributed by atoms with van der Waals surface area (Å²) in [4.78, 5) is 11.4. The molecule has 0 spiro atoms. The lowest BCUT2D eigenvalue weighted by Gasteiger charge is -2.20. The molecule has 0 aromatic heterocycles. The summed E-state index contributed by atoms with van der Waals surface area (Å²) in [5.41, 5.74) is 3.69. The number of anilines is 1. The number of nitrogens with zero attached hydrogens (tertiary/aromatic N) is 1. The largest absolute Gasteiger partial charge is 0.337 e. The van der Waals surface area contributed by atoms with Crippen LogP contribution in [0.2, 0.25) is 0 Å². The third kappa shape index (κ3) is 4.21. The Morgan fingerprint density at radius 3 is 2.62 bits per heavy atom. The zero-order valence-corrected chi connectivity index (χ0v) is 9.86. The standard InChI is InChI=1S/C12H19N3O/c1-3-4-10-13-12(16)14-15(2)11-8-6-5-7-9-11/h5-9H,3-4,10H2,1-2H3,(H2,13,14,16). The van der Waals surface area contributed by atoms with Crippen molar-refractivity contribution in [2.24, 2.45) is 0 Å². The van der Waals surface area contributed by atoms with Crippen LogP contribution in [0.25, 0.3) is 0 Å². The van der Waals surface area contributed by atoms with Gasteiger partial charge in [0.15, 0.2) is 0 Å². The number of rotatable bonds is 5. The normalized spacial score (nSPS) is 9.62. The highest BCUT2D eigenvalue weighted by atomic mass is 16.2. The molecule has 0 saturated heterocycles. The van der Waals surface area contributed by atoms with E-state index < -0.39 is 0 Å². The molecule has 0 atom stereocenters. The first kappa shape index (κ1) is 12.4. The average molecular weight is 221 g/mol. The van der Waals surface area contributed by atoms with Gasteiger partial charge in [0.2, 0.25) is 0 Å². The quantitative estimate of drug-likeness (QED) is 0.591. The molecule has 0 unspecified atom stereocenters. The number of benzene rings is 1. The fourth-order valence-corrected chi connectivity index (χ4v) is 1.29. The Hall–Kier alpha value is -1.71. The number of amides is 2. The molecular weight excluding hydrogens is 202 g/mol. The molecule has 0 radical (unpaired) electrons. The first-order valence-corrected chi connectivity index (χ1v) is 5.57. The number of nitrogens with one attached hydrogen (secondary N) is 2. The first-order chi connectivity index (χ1) is 7.74. The molecule has 88 valence electrons. The number of carbonyl (C=O) groups is 1. The molecule has 2 amide bonds. The third-order valence-electron chi connectivity index (χ3n) is 2.23. The molecule has 0 bridgehead atoms. The Morgan fingerprint density at radius 1 is 1.31 bits per heavy atom. The van der Waals surface area contributed by atoms with Crippen LogP contribution in [0.5, 0.6) is 0 Å². The fraction of sp³-hybridized carbons (Fsp3) is 0.417. The van der Waals surface area contributed by atoms with Crippen molar-refractivity contribution in [3.63, 3.8) is 0 Å². The van der Waals surface area contributed by atoms with Gasteiger partial charge in [0.1, 0.15) is 0 Å². The number of para-hydroxylation sites is 1. The maximum atomic E-state index is 11.4. The smallest absolute Gasteiger partial charge is 0.333 e. The maximum absolute atomic E-state index is 11.4. The van der Waals surface area contributed by atoms with Crippen molar-refractivity contribution in [2.75, 3.05) is 18.6 Å². The molecule has 0 aliphatic rings. The van der Waals surface area contributed by atoms with E-state index in [2.05, 4.69) is 17.7 Å². The minimum Gasteiger partial charge on any atom is -0.337 e. The highest BCUT2D eigenvalue weighted by Gasteiger charge is 2.03. The van der Waals surface area contributed by atoms with Gasteiger partial charge in [0.05, 0.1) is 5.69 Å². The van der Waals surface area contributed by atoms with Crippen LogP contribution in [0.3, 0.4) is 0 Å². The molecule has 0 fully saturated rings. The molecule has 2 N–H and O–H groups in total. The van der Waals surface area contributed by atoms with Gasteiger partial charge in [-0.1, -0.05) is 31.5 Å². The second-order valence-corrected chi connectivity index (χ2v) is 3.62. The van der Waals surface area contributed by atoms with Gasteiger partial charge >= 0.3 is 6.03 Å². The van der Waals surface area contributed by atoms with Crippen LogP contribution in [0, 0.1) is 0 Å². The Balaban J connectivity index is 2.34. The van der Waals surface area contributed by atoms with Gasteiger partial charge in [-0.05, 0) is 18.6 Å². The number of hydrogen-bond acceptors (Lipinski definition) is 2. The van der Waals surface area contributed by atoms with Crippen molar-refractivity contribution in [3.8, 4) is 0 Å². The molecule has 1 rings (SSSR count). The minimum atomic E-state index is -0.167. The minimum absolute atomic E-state index is 0.167. The summed E-state index contributed by atoms with van der Waals surface area (Å²) in [6.07, 6.45) is 2.08. The molecule has 0 heterocycles. The van der Waals surface area contributed by atoms with E-state index in [-0.39, 0.29) is 6.03 Å². The second kappa shape index (κ2) is 6.71. The van der Waals surface area contributed by atoms with Crippen LogP contribution in [-0.4, -0.2) is 19.6 Å². The van der Waals surface area contributed by atoms with Crippen LogP contribution in [-0.2, 0) is 0 Å². The Labute approximate surface area is 96.6 Å². The summed E-state index contributed by atoms with van der Waals surface area (Å²) in [6, 6.07) is 9.52. The van der Waals surface area contributed by atoms with Crippen LogP contribution >= 0.6 is 0 Å². The van der Waals surface area contributed by atoms with Gasteiger partial charge < -0.3 is 5.32 Å². The molecule has 0 saturated carbocycles. The highest BCUT2D eigenvalue weighted by molar-refractivity contribution is 5.75. The van der Waals surface area contributed by atoms with Crippen molar-refractivity contribution in [1.29, 1.82) is 0 Å². The predicted molar refractivity (Wildman–Crippen MR) is 66.3 cm³/mol. The van der Waals surface area contributed by atoms with Gasteiger partial charge in [0, 0.05) is 13.6 Å². The summed E-state index contributed by atoms with van der Waals surface area (Å²) in [5.74, 6) is 0. The Morgan fingerprint density at radius 2 is 2.00 bits per heavy atom. The third-order valence-corrected chi connectivity index (χ3v) is 2.23. The van der Waals surface area contributed by atoms with Crippen molar-refractivity contribution in [2.45, 2.75) is 19.8 Å². The van der Waals surface area contributed by atoms with E-state index in [1.165, 1.54) is 0 Å². The second-order valence-electron chi connectivity index (χ2n) is 3.62. The van der Waals surface area contributed by atoms with Gasteiger partial charge in [-0.3, -0.25) is 5.01 Å². The molecule has 16 heavy (non-hydrogen) atoms. The van der Waals surface area contributed by atoms with Gasteiger partial charge in [-0.2, -0.15) is 0 Å². The SMILES string of the molecule is CCCCNC(=O)NN(C)c1ccccc1. The summed E-state index contributed by atoms with van der Waals surface area (Å²) >= 11 is 0. The fourth-order valence-electron chi connectivity index (χ4n) is 1.29. The lowest BCUT2D eigenvalue weighted by Crippen LogP contribution is -2.45. The number of hydrazine groups is 1. The van der Waals surface area contributed by atoms with Crippen LogP contribution in [0.1, 0.15) is 19.8 Å². The van der Waals surface area contributed by atoms with Crippen molar-refractivity contribution >= 4 is 11.7 Å². The van der Waals surface area contributed by atoms with Gasteiger partial charge in [0.25, 0.3) is 0 Å². The van der Waals surface area contributed by atoms with Crippen molar-refractivity contribution in [1.82, 2.24) is 10.7 Å². The number of hydrogen-bond donors (Lipinski definition) is 2. The topological polar surface area (TPSA) is 44.4 Å². The van der Waals surface area contributed by atoms with E-state index in [1.54, 1.807) is 5.01 Å². The van der Waals surface area contributed by atoms with Crippen LogP contribution < -0.4 is 15.8 Å². The van der Waals surface area contributed by atoms with E-state index in [0.29, 0.717) is 6.54 Å². The van der Waals surface area contributed by atoms with Gasteiger partial charge in [-0.25, -0.2) is 10.2 Å². The monoisotopic (exact) mass is 221 g/mol. The average Bonchev–Trinajstić information content (AvgIpc) is 2.30. The molecule has 0 aliphatic heterocycles. The number of unbranched alkanes of at least 4 members (excludes halogenated alkanes) is 1. The maximum Gasteiger partial charge on any atom is 0.333 e. The van der Waals surface area contributed by atoms with Crippen molar-refractivity contribution < 1.29 is 4.79 Å². The van der Waals surface area contributed by atoms with E-state index in [4.69, 9.17) is 0 Å². The Bertz CT molecular complexity index is 313. The molecular formula is C12H19N3O. The van der Waals surface area contributed by atoms with Gasteiger partial charge in [-0.15, -0.1) is 0 Å². The lowest BCUT2D eigenvalue weighted by atomic mass is 10.3. The van der Waals surface area contributed by atoms with Crippen LogP contribution in [0.15, 0.2) is 30.3 Å². The number of carbonyl (C=O) groups excluding carboxylic acids is 1. The van der Waals surface area contributed by atoms with E-state index in [9.17, 15) is 4.79 Å². The lowest BCUT2D eigenvalue weighted by molar-refractivity contribution is 0.240. The summed E-state index contributed by atoms with van der Waals surface area (Å²) in [7, 11) is 1.81. The highest BCUT2D eigenvalue weighted by Crippen LogP contribution is 2.07. The molecule has 1 aromatic carbocycles. The summed E-state index contributed by atoms with van der Waals surface area (Å²) in [6.45, 7) is 2.81. The molecule has 4 nitrogen and oxygen atoms in total. The zero-order chi connectivity index (χ0) is 11.8. The van der Waals surface area contributed by atoms with E-state index in [1.807, 2.05) is 37.4 Å². The zero-order valence-electron chi connectivity index (χ0n) is 9.86. The summed E-state index contributed by atoms with van der Waals surface area (Å²) < 4.78 is 0. The number of urea groups is 1. The Kier molecular flexibility index (Phi) is 5.19. The molecule has 0 aliphatic carbocycles. The molecule has 1 aromatic rings.